The topological polar surface area (TPSA) is 55.8 Å². The number of fused-ring (bicyclic) bond motifs is 1. The number of aryl methyl sites for hydroxylation is 1. The van der Waals surface area contributed by atoms with E-state index in [-0.39, 0.29) is 31.3 Å². The van der Waals surface area contributed by atoms with Crippen molar-refractivity contribution in [1.82, 2.24) is 4.90 Å². The molecule has 1 heterocycles. The smallest absolute Gasteiger partial charge is 0.231 e. The zero-order valence-corrected chi connectivity index (χ0v) is 15.2. The zero-order valence-electron chi connectivity index (χ0n) is 15.2. The molecule has 1 amide bonds. The average molecular weight is 353 g/mol. The van der Waals surface area contributed by atoms with Crippen LogP contribution in [0.2, 0.25) is 0 Å². The van der Waals surface area contributed by atoms with E-state index in [0.29, 0.717) is 17.9 Å². The second-order valence-electron chi connectivity index (χ2n) is 6.41. The van der Waals surface area contributed by atoms with Crippen molar-refractivity contribution in [3.05, 3.63) is 59.2 Å². The molecule has 0 radical (unpaired) electrons. The third kappa shape index (κ3) is 4.23. The Balaban J connectivity index is 1.51. The Labute approximate surface area is 153 Å². The van der Waals surface area contributed by atoms with Gasteiger partial charge < -0.3 is 14.4 Å². The predicted octanol–water partition coefficient (Wildman–Crippen LogP) is 3.60. The number of nitrogens with zero attached hydrogens (tertiary/aromatic N) is 1. The number of amides is 1. The molecule has 0 spiro atoms. The summed E-state index contributed by atoms with van der Waals surface area (Å²) in [4.78, 5) is 26.2. The minimum Gasteiger partial charge on any atom is -0.454 e. The second kappa shape index (κ2) is 8.04. The highest BCUT2D eigenvalue weighted by atomic mass is 16.7. The van der Waals surface area contributed by atoms with Crippen molar-refractivity contribution in [2.75, 3.05) is 13.8 Å². The number of Topliss-reactive ketones (excluding diaryl/α,β-unsaturated/α-hetero) is 1. The molecule has 0 bridgehead atoms. The number of benzene rings is 2. The molecule has 0 aliphatic carbocycles. The summed E-state index contributed by atoms with van der Waals surface area (Å²) in [7, 11) is 1.74. The van der Waals surface area contributed by atoms with E-state index in [1.54, 1.807) is 11.9 Å². The first kappa shape index (κ1) is 18.0. The highest BCUT2D eigenvalue weighted by molar-refractivity contribution is 5.97. The predicted molar refractivity (Wildman–Crippen MR) is 98.4 cm³/mol. The molecule has 136 valence electrons. The maximum absolute atomic E-state index is 12.3. The van der Waals surface area contributed by atoms with Gasteiger partial charge in [-0.05, 0) is 29.7 Å². The van der Waals surface area contributed by atoms with Gasteiger partial charge in [0, 0.05) is 32.0 Å². The molecule has 26 heavy (non-hydrogen) atoms. The number of ketones is 1. The molecule has 5 nitrogen and oxygen atoms in total. The van der Waals surface area contributed by atoms with Crippen LogP contribution < -0.4 is 9.47 Å². The largest absolute Gasteiger partial charge is 0.454 e. The van der Waals surface area contributed by atoms with Gasteiger partial charge in [-0.2, -0.15) is 0 Å². The Hall–Kier alpha value is -2.82. The zero-order chi connectivity index (χ0) is 18.5. The van der Waals surface area contributed by atoms with Crippen LogP contribution in [0.1, 0.15) is 41.3 Å². The summed E-state index contributed by atoms with van der Waals surface area (Å²) < 4.78 is 10.6. The van der Waals surface area contributed by atoms with Crippen LogP contribution in [0.5, 0.6) is 11.5 Å². The van der Waals surface area contributed by atoms with Crippen LogP contribution in [0.3, 0.4) is 0 Å². The van der Waals surface area contributed by atoms with Gasteiger partial charge in [-0.3, -0.25) is 9.59 Å². The van der Waals surface area contributed by atoms with Gasteiger partial charge in [0.05, 0.1) is 0 Å². The fraction of sp³-hybridized carbons (Fsp3) is 0.333. The molecule has 5 heteroatoms. The van der Waals surface area contributed by atoms with Crippen LogP contribution in [0.4, 0.5) is 0 Å². The van der Waals surface area contributed by atoms with Crippen molar-refractivity contribution in [1.29, 1.82) is 0 Å². The van der Waals surface area contributed by atoms with E-state index >= 15 is 0 Å². The van der Waals surface area contributed by atoms with Crippen LogP contribution in [-0.2, 0) is 17.8 Å². The molecule has 0 atom stereocenters. The minimum absolute atomic E-state index is 0.00233. The molecular weight excluding hydrogens is 330 g/mol. The van der Waals surface area contributed by atoms with E-state index in [0.717, 1.165) is 17.7 Å². The lowest BCUT2D eigenvalue weighted by atomic mass is 10.0. The van der Waals surface area contributed by atoms with Crippen molar-refractivity contribution in [3.63, 3.8) is 0 Å². The number of carbonyl (C=O) groups excluding carboxylic acids is 2. The lowest BCUT2D eigenvalue weighted by Gasteiger charge is -2.17. The number of ether oxygens (including phenoxy) is 2. The van der Waals surface area contributed by atoms with Crippen molar-refractivity contribution in [2.45, 2.75) is 32.7 Å². The summed E-state index contributed by atoms with van der Waals surface area (Å²) in [5.74, 6) is 1.37. The van der Waals surface area contributed by atoms with Crippen molar-refractivity contribution >= 4 is 11.7 Å². The Morgan fingerprint density at radius 2 is 1.65 bits per heavy atom. The minimum atomic E-state index is -0.0544. The van der Waals surface area contributed by atoms with Gasteiger partial charge >= 0.3 is 0 Å². The lowest BCUT2D eigenvalue weighted by molar-refractivity contribution is -0.130. The Bertz CT molecular complexity index is 798. The summed E-state index contributed by atoms with van der Waals surface area (Å²) in [5.41, 5.74) is 2.82. The van der Waals surface area contributed by atoms with Gasteiger partial charge in [0.2, 0.25) is 12.7 Å². The summed E-state index contributed by atoms with van der Waals surface area (Å²) in [5, 5.41) is 0. The molecule has 3 rings (SSSR count). The van der Waals surface area contributed by atoms with E-state index in [1.807, 2.05) is 42.5 Å². The maximum Gasteiger partial charge on any atom is 0.231 e. The Morgan fingerprint density at radius 1 is 0.962 bits per heavy atom. The number of carbonyl (C=O) groups is 2. The molecule has 0 N–H and O–H groups in total. The lowest BCUT2D eigenvalue weighted by Crippen LogP contribution is -2.26. The normalized spacial score (nSPS) is 12.1. The van der Waals surface area contributed by atoms with Gasteiger partial charge in [0.1, 0.15) is 0 Å². The highest BCUT2D eigenvalue weighted by Gasteiger charge is 2.16. The van der Waals surface area contributed by atoms with E-state index in [9.17, 15) is 9.59 Å². The standard InChI is InChI=1S/C21H23NO4/c1-3-15-4-7-17(8-5-15)18(23)9-11-21(24)22(2)13-16-6-10-19-20(12-16)26-14-25-19/h4-8,10,12H,3,9,11,13-14H2,1-2H3. The van der Waals surface area contributed by atoms with E-state index in [4.69, 9.17) is 9.47 Å². The molecular formula is C21H23NO4. The summed E-state index contributed by atoms with van der Waals surface area (Å²) in [6.45, 7) is 2.77. The van der Waals surface area contributed by atoms with Crippen LogP contribution in [0, 0.1) is 0 Å². The van der Waals surface area contributed by atoms with Crippen LogP contribution >= 0.6 is 0 Å². The van der Waals surface area contributed by atoms with Gasteiger partial charge in [-0.15, -0.1) is 0 Å². The second-order valence-corrected chi connectivity index (χ2v) is 6.41. The van der Waals surface area contributed by atoms with Crippen LogP contribution in [0.15, 0.2) is 42.5 Å². The number of hydrogen-bond acceptors (Lipinski definition) is 4. The molecule has 2 aromatic rings. The van der Waals surface area contributed by atoms with Crippen LogP contribution in [-0.4, -0.2) is 30.4 Å². The molecule has 0 fully saturated rings. The van der Waals surface area contributed by atoms with Gasteiger partial charge in [0.25, 0.3) is 0 Å². The first-order valence-electron chi connectivity index (χ1n) is 8.81. The Morgan fingerprint density at radius 3 is 2.38 bits per heavy atom. The molecule has 1 aliphatic heterocycles. The SMILES string of the molecule is CCc1ccc(C(=O)CCC(=O)N(C)Cc2ccc3c(c2)OCO3)cc1. The molecule has 0 aromatic heterocycles. The first-order chi connectivity index (χ1) is 12.6. The highest BCUT2D eigenvalue weighted by Crippen LogP contribution is 2.32. The molecule has 0 saturated carbocycles. The fourth-order valence-corrected chi connectivity index (χ4v) is 2.88. The maximum atomic E-state index is 12.3. The van der Waals surface area contributed by atoms with E-state index in [1.165, 1.54) is 5.56 Å². The fourth-order valence-electron chi connectivity index (χ4n) is 2.88. The summed E-state index contributed by atoms with van der Waals surface area (Å²) >= 11 is 0. The van der Waals surface area contributed by atoms with Gasteiger partial charge in [-0.25, -0.2) is 0 Å². The first-order valence-corrected chi connectivity index (χ1v) is 8.81. The molecule has 0 unspecified atom stereocenters. The molecule has 1 aliphatic rings. The number of rotatable bonds is 7. The van der Waals surface area contributed by atoms with Crippen molar-refractivity contribution in [2.24, 2.45) is 0 Å². The van der Waals surface area contributed by atoms with Crippen LogP contribution in [0.25, 0.3) is 0 Å². The molecule has 0 saturated heterocycles. The molecule has 2 aromatic carbocycles. The summed E-state index contributed by atoms with van der Waals surface area (Å²) in [6, 6.07) is 13.2. The van der Waals surface area contributed by atoms with Gasteiger partial charge in [-0.1, -0.05) is 37.3 Å². The Kier molecular flexibility index (Phi) is 5.56. The van der Waals surface area contributed by atoms with Crippen molar-refractivity contribution < 1.29 is 19.1 Å². The monoisotopic (exact) mass is 353 g/mol. The van der Waals surface area contributed by atoms with E-state index in [2.05, 4.69) is 6.92 Å². The van der Waals surface area contributed by atoms with Crippen molar-refractivity contribution in [3.8, 4) is 11.5 Å². The average Bonchev–Trinajstić information content (AvgIpc) is 3.13. The quantitative estimate of drug-likeness (QED) is 0.714. The van der Waals surface area contributed by atoms with E-state index < -0.39 is 0 Å². The van der Waals surface area contributed by atoms with Gasteiger partial charge in [0.15, 0.2) is 17.3 Å². The number of hydrogen-bond donors (Lipinski definition) is 0. The third-order valence-electron chi connectivity index (χ3n) is 4.53. The third-order valence-corrected chi connectivity index (χ3v) is 4.53. The summed E-state index contributed by atoms with van der Waals surface area (Å²) in [6.07, 6.45) is 1.36.